The monoisotopic (exact) mass is 289 g/mol. The van der Waals surface area contributed by atoms with Crippen molar-refractivity contribution >= 4 is 0 Å². The maximum absolute atomic E-state index is 5.89. The number of aromatic nitrogens is 2. The van der Waals surface area contributed by atoms with E-state index in [4.69, 9.17) is 15.2 Å². The molecule has 5 heteroatoms. The van der Waals surface area contributed by atoms with Gasteiger partial charge in [-0.1, -0.05) is 6.07 Å². The molecule has 0 saturated carbocycles. The molecule has 0 spiro atoms. The van der Waals surface area contributed by atoms with Gasteiger partial charge in [-0.15, -0.1) is 0 Å². The van der Waals surface area contributed by atoms with Crippen LogP contribution < -0.4 is 15.2 Å². The molecule has 21 heavy (non-hydrogen) atoms. The Kier molecular flexibility index (Phi) is 4.85. The van der Waals surface area contributed by atoms with Gasteiger partial charge >= 0.3 is 0 Å². The second kappa shape index (κ2) is 6.63. The van der Waals surface area contributed by atoms with E-state index >= 15 is 0 Å². The van der Waals surface area contributed by atoms with E-state index in [1.54, 1.807) is 7.11 Å². The minimum atomic E-state index is -0.0304. The Morgan fingerprint density at radius 2 is 2.05 bits per heavy atom. The highest BCUT2D eigenvalue weighted by atomic mass is 16.5. The lowest BCUT2D eigenvalue weighted by Crippen LogP contribution is -2.08. The molecule has 0 saturated heterocycles. The van der Waals surface area contributed by atoms with Crippen LogP contribution in [0, 0.1) is 6.92 Å². The molecule has 0 aliphatic carbocycles. The van der Waals surface area contributed by atoms with Gasteiger partial charge in [-0.25, -0.2) is 0 Å². The smallest absolute Gasteiger partial charge is 0.161 e. The van der Waals surface area contributed by atoms with Crippen molar-refractivity contribution in [3.8, 4) is 11.5 Å². The Morgan fingerprint density at radius 3 is 2.67 bits per heavy atom. The zero-order chi connectivity index (χ0) is 15.4. The molecular formula is C16H23N3O2. The van der Waals surface area contributed by atoms with Gasteiger partial charge in [-0.05, 0) is 44.5 Å². The number of aryl methyl sites for hydroxylation is 2. The Labute approximate surface area is 125 Å². The molecule has 0 aliphatic heterocycles. The summed E-state index contributed by atoms with van der Waals surface area (Å²) in [6, 6.07) is 7.79. The van der Waals surface area contributed by atoms with Gasteiger partial charge in [0.25, 0.3) is 0 Å². The van der Waals surface area contributed by atoms with E-state index in [1.165, 1.54) is 0 Å². The predicted molar refractivity (Wildman–Crippen MR) is 82.6 cm³/mol. The second-order valence-electron chi connectivity index (χ2n) is 5.08. The van der Waals surface area contributed by atoms with Crippen LogP contribution in [-0.2, 0) is 13.2 Å². The van der Waals surface area contributed by atoms with Crippen molar-refractivity contribution in [2.45, 2.75) is 40.0 Å². The van der Waals surface area contributed by atoms with Crippen molar-refractivity contribution in [1.82, 2.24) is 9.78 Å². The number of rotatable bonds is 6. The molecule has 2 aromatic rings. The van der Waals surface area contributed by atoms with Crippen molar-refractivity contribution in [1.29, 1.82) is 0 Å². The van der Waals surface area contributed by atoms with Crippen LogP contribution in [0.15, 0.2) is 24.3 Å². The number of ether oxygens (including phenoxy) is 2. The molecule has 0 aliphatic rings. The summed E-state index contributed by atoms with van der Waals surface area (Å²) in [5.74, 6) is 1.41. The SMILES string of the molecule is CCn1nc(C)cc1COc1ccc(C(C)N)cc1OC. The van der Waals surface area contributed by atoms with E-state index in [9.17, 15) is 0 Å². The summed E-state index contributed by atoms with van der Waals surface area (Å²) < 4.78 is 13.2. The normalized spacial score (nSPS) is 12.2. The zero-order valence-corrected chi connectivity index (χ0v) is 13.1. The molecule has 1 unspecified atom stereocenters. The Morgan fingerprint density at radius 1 is 1.29 bits per heavy atom. The van der Waals surface area contributed by atoms with E-state index in [1.807, 2.05) is 42.8 Å². The van der Waals surface area contributed by atoms with Crippen LogP contribution in [0.4, 0.5) is 0 Å². The standard InChI is InChI=1S/C16H23N3O2/c1-5-19-14(8-11(2)18-19)10-21-15-7-6-13(12(3)17)9-16(15)20-4/h6-9,12H,5,10,17H2,1-4H3. The predicted octanol–water partition coefficient (Wildman–Crippen LogP) is 2.82. The number of nitrogens with zero attached hydrogens (tertiary/aromatic N) is 2. The molecule has 2 rings (SSSR count). The highest BCUT2D eigenvalue weighted by Crippen LogP contribution is 2.30. The van der Waals surface area contributed by atoms with Gasteiger partial charge in [-0.3, -0.25) is 4.68 Å². The Balaban J connectivity index is 2.15. The minimum absolute atomic E-state index is 0.0304. The van der Waals surface area contributed by atoms with E-state index in [0.717, 1.165) is 23.5 Å². The lowest BCUT2D eigenvalue weighted by atomic mass is 10.1. The zero-order valence-electron chi connectivity index (χ0n) is 13.1. The average molecular weight is 289 g/mol. The fourth-order valence-electron chi connectivity index (χ4n) is 2.23. The van der Waals surface area contributed by atoms with Gasteiger partial charge in [0.15, 0.2) is 11.5 Å². The molecule has 0 fully saturated rings. The molecule has 2 N–H and O–H groups in total. The number of hydrogen-bond donors (Lipinski definition) is 1. The van der Waals surface area contributed by atoms with Gasteiger partial charge < -0.3 is 15.2 Å². The fraction of sp³-hybridized carbons (Fsp3) is 0.438. The second-order valence-corrected chi connectivity index (χ2v) is 5.08. The lowest BCUT2D eigenvalue weighted by Gasteiger charge is -2.14. The average Bonchev–Trinajstić information content (AvgIpc) is 2.84. The fourth-order valence-corrected chi connectivity index (χ4v) is 2.23. The van der Waals surface area contributed by atoms with E-state index in [0.29, 0.717) is 18.1 Å². The topological polar surface area (TPSA) is 62.3 Å². The van der Waals surface area contributed by atoms with Gasteiger partial charge in [0, 0.05) is 12.6 Å². The molecule has 1 atom stereocenters. The minimum Gasteiger partial charge on any atom is -0.493 e. The summed E-state index contributed by atoms with van der Waals surface area (Å²) in [6.45, 7) is 7.27. The number of hydrogen-bond acceptors (Lipinski definition) is 4. The molecule has 1 aromatic carbocycles. The maximum atomic E-state index is 5.89. The van der Waals surface area contributed by atoms with Crippen molar-refractivity contribution in [3.63, 3.8) is 0 Å². The Bertz CT molecular complexity index is 606. The quantitative estimate of drug-likeness (QED) is 0.888. The van der Waals surface area contributed by atoms with Crippen molar-refractivity contribution in [2.24, 2.45) is 5.73 Å². The third-order valence-electron chi connectivity index (χ3n) is 3.37. The summed E-state index contributed by atoms with van der Waals surface area (Å²) in [4.78, 5) is 0. The highest BCUT2D eigenvalue weighted by Gasteiger charge is 2.10. The molecular weight excluding hydrogens is 266 g/mol. The molecule has 5 nitrogen and oxygen atoms in total. The van der Waals surface area contributed by atoms with E-state index in [-0.39, 0.29) is 6.04 Å². The third-order valence-corrected chi connectivity index (χ3v) is 3.37. The van der Waals surface area contributed by atoms with E-state index in [2.05, 4.69) is 12.0 Å². The summed E-state index contributed by atoms with van der Waals surface area (Å²) in [6.07, 6.45) is 0. The molecule has 0 amide bonds. The molecule has 1 aromatic heterocycles. The number of nitrogens with two attached hydrogens (primary N) is 1. The Hall–Kier alpha value is -2.01. The first-order valence-corrected chi connectivity index (χ1v) is 7.14. The van der Waals surface area contributed by atoms with E-state index < -0.39 is 0 Å². The lowest BCUT2D eigenvalue weighted by molar-refractivity contribution is 0.273. The van der Waals surface area contributed by atoms with Crippen molar-refractivity contribution in [2.75, 3.05) is 7.11 Å². The number of methoxy groups -OCH3 is 1. The van der Waals surface area contributed by atoms with Crippen LogP contribution in [0.3, 0.4) is 0 Å². The van der Waals surface area contributed by atoms with Gasteiger partial charge in [0.1, 0.15) is 6.61 Å². The first-order valence-electron chi connectivity index (χ1n) is 7.14. The first-order chi connectivity index (χ1) is 10.0. The molecule has 0 bridgehead atoms. The number of benzene rings is 1. The summed E-state index contributed by atoms with van der Waals surface area (Å²) in [5.41, 5.74) is 8.95. The van der Waals surface area contributed by atoms with Gasteiger partial charge in [0.2, 0.25) is 0 Å². The van der Waals surface area contributed by atoms with Gasteiger partial charge in [0.05, 0.1) is 18.5 Å². The van der Waals surface area contributed by atoms with Crippen molar-refractivity contribution < 1.29 is 9.47 Å². The van der Waals surface area contributed by atoms with Crippen LogP contribution >= 0.6 is 0 Å². The van der Waals surface area contributed by atoms with Crippen LogP contribution in [0.2, 0.25) is 0 Å². The summed E-state index contributed by atoms with van der Waals surface area (Å²) >= 11 is 0. The largest absolute Gasteiger partial charge is 0.493 e. The molecule has 114 valence electrons. The molecule has 0 radical (unpaired) electrons. The third kappa shape index (κ3) is 3.55. The van der Waals surface area contributed by atoms with Crippen LogP contribution in [0.1, 0.15) is 36.8 Å². The highest BCUT2D eigenvalue weighted by molar-refractivity contribution is 5.43. The summed E-state index contributed by atoms with van der Waals surface area (Å²) in [7, 11) is 1.63. The van der Waals surface area contributed by atoms with Crippen LogP contribution in [0.25, 0.3) is 0 Å². The molecule has 1 heterocycles. The van der Waals surface area contributed by atoms with Crippen molar-refractivity contribution in [3.05, 3.63) is 41.2 Å². The van der Waals surface area contributed by atoms with Gasteiger partial charge in [-0.2, -0.15) is 5.10 Å². The van der Waals surface area contributed by atoms with Crippen LogP contribution in [-0.4, -0.2) is 16.9 Å². The first kappa shape index (κ1) is 15.4. The maximum Gasteiger partial charge on any atom is 0.161 e. The van der Waals surface area contributed by atoms with Crippen LogP contribution in [0.5, 0.6) is 11.5 Å². The summed E-state index contributed by atoms with van der Waals surface area (Å²) in [5, 5.41) is 4.41.